The smallest absolute Gasteiger partial charge is 0.274 e. The van der Waals surface area contributed by atoms with Gasteiger partial charge in [-0.1, -0.05) is 12.1 Å². The number of carbonyl (C=O) groups is 1. The minimum Gasteiger partial charge on any atom is -0.320 e. The summed E-state index contributed by atoms with van der Waals surface area (Å²) < 4.78 is 3.57. The number of rotatable bonds is 2. The number of aryl methyl sites for hydroxylation is 2. The van der Waals surface area contributed by atoms with Crippen molar-refractivity contribution in [3.63, 3.8) is 0 Å². The Hall–Kier alpha value is -1.66. The Kier molecular flexibility index (Phi) is 4.06. The van der Waals surface area contributed by atoms with E-state index in [1.165, 1.54) is 0 Å². The number of amides is 1. The van der Waals surface area contributed by atoms with Crippen molar-refractivity contribution in [1.82, 2.24) is 9.38 Å². The summed E-state index contributed by atoms with van der Waals surface area (Å²) in [6.45, 7) is 3.82. The van der Waals surface area contributed by atoms with Crippen molar-refractivity contribution in [2.45, 2.75) is 13.8 Å². The van der Waals surface area contributed by atoms with Gasteiger partial charge in [-0.25, -0.2) is 4.98 Å². The molecule has 1 amide bonds. The fourth-order valence-electron chi connectivity index (χ4n) is 2.40. The first-order chi connectivity index (χ1) is 10.5. The molecule has 0 aliphatic carbocycles. The fraction of sp³-hybridized carbons (Fsp3) is 0.125. The number of imidazole rings is 1. The maximum Gasteiger partial charge on any atom is 0.274 e. The van der Waals surface area contributed by atoms with Crippen molar-refractivity contribution < 1.29 is 4.79 Å². The Balaban J connectivity index is 2.08. The molecule has 4 nitrogen and oxygen atoms in total. The molecule has 3 rings (SSSR count). The third-order valence-corrected chi connectivity index (χ3v) is 4.51. The van der Waals surface area contributed by atoms with Gasteiger partial charge in [0, 0.05) is 15.1 Å². The second-order valence-electron chi connectivity index (χ2n) is 5.01. The van der Waals surface area contributed by atoms with Crippen molar-refractivity contribution in [2.75, 3.05) is 5.32 Å². The van der Waals surface area contributed by atoms with E-state index in [1.807, 2.05) is 54.8 Å². The predicted octanol–water partition coefficient (Wildman–Crippen LogP) is 4.73. The quantitative estimate of drug-likeness (QED) is 0.648. The Morgan fingerprint density at radius 3 is 2.68 bits per heavy atom. The van der Waals surface area contributed by atoms with Gasteiger partial charge >= 0.3 is 0 Å². The number of hydrogen-bond donors (Lipinski definition) is 1. The number of halogens is 2. The van der Waals surface area contributed by atoms with Crippen LogP contribution in [0.5, 0.6) is 0 Å². The molecular formula is C16H13Br2N3O. The lowest BCUT2D eigenvalue weighted by Gasteiger charge is -2.08. The standard InChI is InChI=1S/C16H13Br2N3O/c1-9-7-11(17)8-21-14(10(2)19-15(9)21)16(22)20-13-6-4-3-5-12(13)18/h3-8H,1-2H3,(H,20,22). The summed E-state index contributed by atoms with van der Waals surface area (Å²) in [5.74, 6) is -0.186. The normalized spacial score (nSPS) is 10.9. The number of benzene rings is 1. The van der Waals surface area contributed by atoms with E-state index in [2.05, 4.69) is 42.2 Å². The predicted molar refractivity (Wildman–Crippen MR) is 94.5 cm³/mol. The van der Waals surface area contributed by atoms with E-state index in [1.54, 1.807) is 0 Å². The third kappa shape index (κ3) is 2.68. The molecular weight excluding hydrogens is 410 g/mol. The second-order valence-corrected chi connectivity index (χ2v) is 6.78. The zero-order valence-corrected chi connectivity index (χ0v) is 15.2. The van der Waals surface area contributed by atoms with Crippen LogP contribution < -0.4 is 5.32 Å². The molecule has 1 N–H and O–H groups in total. The van der Waals surface area contributed by atoms with Gasteiger partial charge in [-0.05, 0) is 69.5 Å². The van der Waals surface area contributed by atoms with Gasteiger partial charge in [0.05, 0.1) is 11.4 Å². The Morgan fingerprint density at radius 2 is 1.95 bits per heavy atom. The minimum atomic E-state index is -0.186. The van der Waals surface area contributed by atoms with Crippen LogP contribution in [0.2, 0.25) is 0 Å². The highest BCUT2D eigenvalue weighted by Gasteiger charge is 2.18. The molecule has 0 aliphatic rings. The van der Waals surface area contributed by atoms with Crippen LogP contribution >= 0.6 is 31.9 Å². The monoisotopic (exact) mass is 421 g/mol. The van der Waals surface area contributed by atoms with Crippen LogP contribution in [-0.2, 0) is 0 Å². The number of nitrogens with zero attached hydrogens (tertiary/aromatic N) is 2. The summed E-state index contributed by atoms with van der Waals surface area (Å²) in [6, 6.07) is 9.50. The highest BCUT2D eigenvalue weighted by molar-refractivity contribution is 9.10. The first-order valence-corrected chi connectivity index (χ1v) is 8.26. The fourth-order valence-corrected chi connectivity index (χ4v) is 3.33. The molecule has 0 unspecified atom stereocenters. The van der Waals surface area contributed by atoms with Crippen LogP contribution in [-0.4, -0.2) is 15.3 Å². The number of nitrogens with one attached hydrogen (secondary N) is 1. The summed E-state index contributed by atoms with van der Waals surface area (Å²) in [4.78, 5) is 17.2. The molecule has 0 bridgehead atoms. The SMILES string of the molecule is Cc1nc2c(C)cc(Br)cn2c1C(=O)Nc1ccccc1Br. The van der Waals surface area contributed by atoms with Crippen molar-refractivity contribution in [3.8, 4) is 0 Å². The molecule has 112 valence electrons. The average molecular weight is 423 g/mol. The molecule has 1 aromatic carbocycles. The second kappa shape index (κ2) is 5.85. The van der Waals surface area contributed by atoms with Crippen LogP contribution in [0.25, 0.3) is 5.65 Å². The van der Waals surface area contributed by atoms with Crippen LogP contribution in [0.4, 0.5) is 5.69 Å². The van der Waals surface area contributed by atoms with E-state index in [0.717, 1.165) is 25.8 Å². The minimum absolute atomic E-state index is 0.186. The maximum atomic E-state index is 12.7. The number of hydrogen-bond acceptors (Lipinski definition) is 2. The number of para-hydroxylation sites is 1. The molecule has 6 heteroatoms. The number of pyridine rings is 1. The van der Waals surface area contributed by atoms with Gasteiger partial charge in [0.25, 0.3) is 5.91 Å². The zero-order chi connectivity index (χ0) is 15.9. The first-order valence-electron chi connectivity index (χ1n) is 6.68. The lowest BCUT2D eigenvalue weighted by molar-refractivity contribution is 0.102. The van der Waals surface area contributed by atoms with E-state index in [4.69, 9.17) is 0 Å². The Bertz CT molecular complexity index is 886. The van der Waals surface area contributed by atoms with E-state index < -0.39 is 0 Å². The number of carbonyl (C=O) groups excluding carboxylic acids is 1. The van der Waals surface area contributed by atoms with Crippen LogP contribution in [0.15, 0.2) is 45.5 Å². The highest BCUT2D eigenvalue weighted by Crippen LogP contribution is 2.24. The summed E-state index contributed by atoms with van der Waals surface area (Å²) in [5, 5.41) is 2.92. The topological polar surface area (TPSA) is 46.4 Å². The van der Waals surface area contributed by atoms with Crippen LogP contribution in [0.1, 0.15) is 21.7 Å². The summed E-state index contributed by atoms with van der Waals surface area (Å²) in [7, 11) is 0. The maximum absolute atomic E-state index is 12.7. The van der Waals surface area contributed by atoms with Gasteiger partial charge in [-0.15, -0.1) is 0 Å². The molecule has 3 aromatic rings. The summed E-state index contributed by atoms with van der Waals surface area (Å²) in [6.07, 6.45) is 1.86. The van der Waals surface area contributed by atoms with Gasteiger partial charge in [0.1, 0.15) is 11.3 Å². The lowest BCUT2D eigenvalue weighted by Crippen LogP contribution is -2.16. The molecule has 0 radical (unpaired) electrons. The molecule has 2 heterocycles. The molecule has 0 spiro atoms. The van der Waals surface area contributed by atoms with E-state index in [9.17, 15) is 4.79 Å². The van der Waals surface area contributed by atoms with Crippen molar-refractivity contribution in [2.24, 2.45) is 0 Å². The highest BCUT2D eigenvalue weighted by atomic mass is 79.9. The molecule has 0 fully saturated rings. The number of aromatic nitrogens is 2. The van der Waals surface area contributed by atoms with Crippen molar-refractivity contribution >= 4 is 49.1 Å². The van der Waals surface area contributed by atoms with Crippen molar-refractivity contribution in [1.29, 1.82) is 0 Å². The average Bonchev–Trinajstić information content (AvgIpc) is 2.78. The van der Waals surface area contributed by atoms with Crippen molar-refractivity contribution in [3.05, 3.63) is 62.4 Å². The first kappa shape index (κ1) is 15.2. The van der Waals surface area contributed by atoms with Crippen LogP contribution in [0.3, 0.4) is 0 Å². The number of anilines is 1. The van der Waals surface area contributed by atoms with Gasteiger partial charge < -0.3 is 5.32 Å². The Labute approximate surface area is 144 Å². The van der Waals surface area contributed by atoms with Gasteiger partial charge in [0.2, 0.25) is 0 Å². The summed E-state index contributed by atoms with van der Waals surface area (Å²) in [5.41, 5.74) is 3.77. The Morgan fingerprint density at radius 1 is 1.23 bits per heavy atom. The van der Waals surface area contributed by atoms with Gasteiger partial charge in [-0.3, -0.25) is 9.20 Å². The molecule has 22 heavy (non-hydrogen) atoms. The third-order valence-electron chi connectivity index (χ3n) is 3.38. The molecule has 2 aromatic heterocycles. The van der Waals surface area contributed by atoms with Crippen LogP contribution in [0, 0.1) is 13.8 Å². The lowest BCUT2D eigenvalue weighted by atomic mass is 10.2. The van der Waals surface area contributed by atoms with Gasteiger partial charge in [0.15, 0.2) is 0 Å². The summed E-state index contributed by atoms with van der Waals surface area (Å²) >= 11 is 6.90. The zero-order valence-electron chi connectivity index (χ0n) is 12.0. The number of fused-ring (bicyclic) bond motifs is 1. The largest absolute Gasteiger partial charge is 0.320 e. The molecule has 0 saturated carbocycles. The molecule has 0 aliphatic heterocycles. The molecule has 0 atom stereocenters. The van der Waals surface area contributed by atoms with E-state index in [0.29, 0.717) is 11.4 Å². The van der Waals surface area contributed by atoms with E-state index in [-0.39, 0.29) is 5.91 Å². The van der Waals surface area contributed by atoms with Gasteiger partial charge in [-0.2, -0.15) is 0 Å². The van der Waals surface area contributed by atoms with E-state index >= 15 is 0 Å². The molecule has 0 saturated heterocycles.